The summed E-state index contributed by atoms with van der Waals surface area (Å²) in [6, 6.07) is 0. The molecule has 0 spiro atoms. The molecule has 4 nitrogen and oxygen atoms in total. The molecule has 104 valence electrons. The first-order chi connectivity index (χ1) is 8.63. The molecular weight excluding hydrogens is 230 g/mol. The van der Waals surface area contributed by atoms with E-state index in [1.54, 1.807) is 0 Å². The Labute approximate surface area is 110 Å². The number of carbonyl (C=O) groups excluding carboxylic acids is 2. The molecule has 0 radical (unpaired) electrons. The molecule has 0 saturated carbocycles. The standard InChI is InChI=1S/C14H25NO3/c1-4-7-10-15(11-8-5-2)12-14(17)18-13(16)9-6-3/h6H,3-5,7-12H2,1-2H3. The van der Waals surface area contributed by atoms with E-state index in [4.69, 9.17) is 4.74 Å². The van der Waals surface area contributed by atoms with E-state index in [0.29, 0.717) is 0 Å². The third-order valence-electron chi connectivity index (χ3n) is 2.55. The van der Waals surface area contributed by atoms with Gasteiger partial charge in [-0.15, -0.1) is 6.58 Å². The zero-order valence-corrected chi connectivity index (χ0v) is 11.6. The molecule has 0 aliphatic heterocycles. The zero-order valence-electron chi connectivity index (χ0n) is 11.6. The van der Waals surface area contributed by atoms with Crippen LogP contribution in [0.25, 0.3) is 0 Å². The van der Waals surface area contributed by atoms with E-state index in [0.717, 1.165) is 38.8 Å². The highest BCUT2D eigenvalue weighted by atomic mass is 16.6. The highest BCUT2D eigenvalue weighted by Gasteiger charge is 2.13. The third kappa shape index (κ3) is 8.93. The fourth-order valence-electron chi connectivity index (χ4n) is 1.53. The van der Waals surface area contributed by atoms with E-state index in [9.17, 15) is 9.59 Å². The number of unbranched alkanes of at least 4 members (excludes halogenated alkanes) is 2. The Morgan fingerprint density at radius 3 is 2.11 bits per heavy atom. The van der Waals surface area contributed by atoms with Crippen LogP contribution in [0.15, 0.2) is 12.7 Å². The van der Waals surface area contributed by atoms with Gasteiger partial charge in [-0.25, -0.2) is 0 Å². The predicted molar refractivity (Wildman–Crippen MR) is 72.2 cm³/mol. The molecule has 0 amide bonds. The second-order valence-corrected chi connectivity index (χ2v) is 4.32. The van der Waals surface area contributed by atoms with Crippen LogP contribution in [-0.4, -0.2) is 36.5 Å². The van der Waals surface area contributed by atoms with E-state index < -0.39 is 11.9 Å². The van der Waals surface area contributed by atoms with Gasteiger partial charge in [-0.2, -0.15) is 0 Å². The minimum atomic E-state index is -0.527. The van der Waals surface area contributed by atoms with Crippen molar-refractivity contribution in [1.82, 2.24) is 4.90 Å². The molecule has 0 rings (SSSR count). The maximum atomic E-state index is 11.5. The average molecular weight is 255 g/mol. The topological polar surface area (TPSA) is 46.6 Å². The fourth-order valence-corrected chi connectivity index (χ4v) is 1.53. The smallest absolute Gasteiger partial charge is 0.327 e. The Kier molecular flexibility index (Phi) is 10.3. The molecule has 0 bridgehead atoms. The van der Waals surface area contributed by atoms with Gasteiger partial charge in [0.25, 0.3) is 0 Å². The van der Waals surface area contributed by atoms with Crippen LogP contribution in [0.2, 0.25) is 0 Å². The minimum Gasteiger partial charge on any atom is -0.392 e. The van der Waals surface area contributed by atoms with Crippen molar-refractivity contribution >= 4 is 11.9 Å². The first-order valence-electron chi connectivity index (χ1n) is 6.70. The van der Waals surface area contributed by atoms with Gasteiger partial charge in [-0.3, -0.25) is 14.5 Å². The van der Waals surface area contributed by atoms with Crippen LogP contribution in [0.3, 0.4) is 0 Å². The molecule has 0 unspecified atom stereocenters. The van der Waals surface area contributed by atoms with Crippen LogP contribution in [-0.2, 0) is 14.3 Å². The number of rotatable bonds is 10. The lowest BCUT2D eigenvalue weighted by Gasteiger charge is -2.20. The van der Waals surface area contributed by atoms with Crippen LogP contribution in [0.5, 0.6) is 0 Å². The highest BCUT2D eigenvalue weighted by Crippen LogP contribution is 2.00. The van der Waals surface area contributed by atoms with E-state index in [1.165, 1.54) is 6.08 Å². The van der Waals surface area contributed by atoms with Gasteiger partial charge in [-0.05, 0) is 25.9 Å². The Bertz CT molecular complexity index is 256. The molecule has 0 saturated heterocycles. The second kappa shape index (κ2) is 11.0. The van der Waals surface area contributed by atoms with E-state index in [2.05, 4.69) is 25.3 Å². The van der Waals surface area contributed by atoms with Gasteiger partial charge >= 0.3 is 11.9 Å². The molecule has 0 heterocycles. The van der Waals surface area contributed by atoms with Gasteiger partial charge in [0.15, 0.2) is 0 Å². The summed E-state index contributed by atoms with van der Waals surface area (Å²) in [5.41, 5.74) is 0. The lowest BCUT2D eigenvalue weighted by atomic mass is 10.2. The van der Waals surface area contributed by atoms with Gasteiger partial charge in [0.2, 0.25) is 0 Å². The van der Waals surface area contributed by atoms with Crippen molar-refractivity contribution in [2.24, 2.45) is 0 Å². The van der Waals surface area contributed by atoms with E-state index >= 15 is 0 Å². The number of nitrogens with zero attached hydrogens (tertiary/aromatic N) is 1. The summed E-state index contributed by atoms with van der Waals surface area (Å²) in [6.07, 6.45) is 5.80. The molecule has 0 N–H and O–H groups in total. The summed E-state index contributed by atoms with van der Waals surface area (Å²) >= 11 is 0. The van der Waals surface area contributed by atoms with Crippen LogP contribution in [0, 0.1) is 0 Å². The molecular formula is C14H25NO3. The van der Waals surface area contributed by atoms with Gasteiger partial charge in [0.1, 0.15) is 0 Å². The summed E-state index contributed by atoms with van der Waals surface area (Å²) in [5.74, 6) is -0.991. The van der Waals surface area contributed by atoms with Crippen molar-refractivity contribution in [2.45, 2.75) is 46.0 Å². The Morgan fingerprint density at radius 1 is 1.11 bits per heavy atom. The van der Waals surface area contributed by atoms with E-state index in [1.807, 2.05) is 0 Å². The van der Waals surface area contributed by atoms with Crippen molar-refractivity contribution in [3.05, 3.63) is 12.7 Å². The number of ether oxygens (including phenoxy) is 1. The summed E-state index contributed by atoms with van der Waals surface area (Å²) < 4.78 is 4.69. The average Bonchev–Trinajstić information content (AvgIpc) is 2.32. The van der Waals surface area contributed by atoms with Gasteiger partial charge in [0, 0.05) is 0 Å². The SMILES string of the molecule is C=CCC(=O)OC(=O)CN(CCCC)CCCC. The molecule has 0 aliphatic rings. The molecule has 0 aliphatic carbocycles. The van der Waals surface area contributed by atoms with Gasteiger partial charge in [0.05, 0.1) is 13.0 Å². The largest absolute Gasteiger partial charge is 0.392 e. The fraction of sp³-hybridized carbons (Fsp3) is 0.714. The van der Waals surface area contributed by atoms with Crippen molar-refractivity contribution in [1.29, 1.82) is 0 Å². The summed E-state index contributed by atoms with van der Waals surface area (Å²) in [5, 5.41) is 0. The molecule has 0 aromatic heterocycles. The number of carbonyl (C=O) groups is 2. The van der Waals surface area contributed by atoms with Crippen LogP contribution in [0.1, 0.15) is 46.0 Å². The van der Waals surface area contributed by atoms with E-state index in [-0.39, 0.29) is 13.0 Å². The van der Waals surface area contributed by atoms with Crippen molar-refractivity contribution in [3.63, 3.8) is 0 Å². The molecule has 0 aromatic rings. The van der Waals surface area contributed by atoms with Crippen LogP contribution in [0.4, 0.5) is 0 Å². The van der Waals surface area contributed by atoms with Gasteiger partial charge in [-0.1, -0.05) is 32.8 Å². The lowest BCUT2D eigenvalue weighted by molar-refractivity contribution is -0.159. The first-order valence-corrected chi connectivity index (χ1v) is 6.70. The second-order valence-electron chi connectivity index (χ2n) is 4.32. The quantitative estimate of drug-likeness (QED) is 0.342. The Balaban J connectivity index is 4.07. The first kappa shape index (κ1) is 16.8. The molecule has 0 aromatic carbocycles. The minimum absolute atomic E-state index is 0.0790. The highest BCUT2D eigenvalue weighted by molar-refractivity contribution is 5.87. The molecule has 0 fully saturated rings. The third-order valence-corrected chi connectivity index (χ3v) is 2.55. The summed E-state index contributed by atoms with van der Waals surface area (Å²) in [7, 11) is 0. The maximum absolute atomic E-state index is 11.5. The normalized spacial score (nSPS) is 10.4. The molecule has 18 heavy (non-hydrogen) atoms. The predicted octanol–water partition coefficient (Wildman–Crippen LogP) is 2.53. The van der Waals surface area contributed by atoms with Crippen LogP contribution >= 0.6 is 0 Å². The zero-order chi connectivity index (χ0) is 13.8. The number of hydrogen-bond acceptors (Lipinski definition) is 4. The lowest BCUT2D eigenvalue weighted by Crippen LogP contribution is -2.33. The van der Waals surface area contributed by atoms with Crippen LogP contribution < -0.4 is 0 Å². The van der Waals surface area contributed by atoms with Crippen molar-refractivity contribution < 1.29 is 14.3 Å². The van der Waals surface area contributed by atoms with Crippen molar-refractivity contribution in [2.75, 3.05) is 19.6 Å². The van der Waals surface area contributed by atoms with Gasteiger partial charge < -0.3 is 4.74 Å². The Morgan fingerprint density at radius 2 is 1.67 bits per heavy atom. The Hall–Kier alpha value is -1.16. The monoisotopic (exact) mass is 255 g/mol. The summed E-state index contributed by atoms with van der Waals surface area (Å²) in [4.78, 5) is 24.7. The molecule has 4 heteroatoms. The number of hydrogen-bond donors (Lipinski definition) is 0. The summed E-state index contributed by atoms with van der Waals surface area (Å²) in [6.45, 7) is 9.61. The molecule has 0 atom stereocenters. The number of esters is 2. The maximum Gasteiger partial charge on any atom is 0.327 e. The van der Waals surface area contributed by atoms with Crippen molar-refractivity contribution in [3.8, 4) is 0 Å².